The molecule has 0 radical (unpaired) electrons. The van der Waals surface area contributed by atoms with Crippen LogP contribution in [-0.2, 0) is 6.61 Å². The monoisotopic (exact) mass is 325 g/mol. The molecule has 0 spiro atoms. The lowest BCUT2D eigenvalue weighted by atomic mass is 9.98. The molecule has 3 heteroatoms. The maximum absolute atomic E-state index is 9.50. The average Bonchev–Trinajstić information content (AvgIpc) is 2.67. The van der Waals surface area contributed by atoms with E-state index in [-0.39, 0.29) is 6.61 Å². The number of likely N-dealkylation sites (tertiary alicyclic amines) is 1. The first-order valence-corrected chi connectivity index (χ1v) is 8.85. The summed E-state index contributed by atoms with van der Waals surface area (Å²) in [5.74, 6) is 0.733. The molecule has 1 aliphatic heterocycles. The standard InChI is InChI=1S/C21H27NO2/c1-16(22-12-4-3-5-13-22)17-6-8-18(9-7-17)19-10-11-21(24-2)20(14-19)15-23/h6-11,14,16,23H,3-5,12-13,15H2,1-2H3/t16-/m1/s1. The van der Waals surface area contributed by atoms with E-state index in [1.165, 1.54) is 43.5 Å². The molecule has 3 rings (SSSR count). The third kappa shape index (κ3) is 3.63. The van der Waals surface area contributed by atoms with Gasteiger partial charge in [-0.1, -0.05) is 36.8 Å². The number of hydrogen-bond acceptors (Lipinski definition) is 3. The van der Waals surface area contributed by atoms with Crippen molar-refractivity contribution in [2.75, 3.05) is 20.2 Å². The van der Waals surface area contributed by atoms with E-state index in [1.807, 2.05) is 18.2 Å². The summed E-state index contributed by atoms with van der Waals surface area (Å²) in [4.78, 5) is 2.58. The number of methoxy groups -OCH3 is 1. The number of ether oxygens (including phenoxy) is 1. The summed E-state index contributed by atoms with van der Waals surface area (Å²) in [6.07, 6.45) is 4.00. The van der Waals surface area contributed by atoms with Gasteiger partial charge in [0.2, 0.25) is 0 Å². The molecule has 0 amide bonds. The van der Waals surface area contributed by atoms with Crippen LogP contribution in [-0.4, -0.2) is 30.2 Å². The normalized spacial score (nSPS) is 16.8. The zero-order chi connectivity index (χ0) is 16.9. The highest BCUT2D eigenvalue weighted by molar-refractivity contribution is 5.66. The summed E-state index contributed by atoms with van der Waals surface area (Å²) >= 11 is 0. The summed E-state index contributed by atoms with van der Waals surface area (Å²) in [6, 6.07) is 15.3. The highest BCUT2D eigenvalue weighted by Crippen LogP contribution is 2.29. The molecule has 2 aromatic rings. The Bertz CT molecular complexity index is 660. The van der Waals surface area contributed by atoms with E-state index < -0.39 is 0 Å². The van der Waals surface area contributed by atoms with Gasteiger partial charge in [-0.25, -0.2) is 0 Å². The minimum absolute atomic E-state index is 0.0128. The van der Waals surface area contributed by atoms with Gasteiger partial charge in [-0.3, -0.25) is 4.90 Å². The number of nitrogens with zero attached hydrogens (tertiary/aromatic N) is 1. The van der Waals surface area contributed by atoms with Crippen LogP contribution < -0.4 is 4.74 Å². The Morgan fingerprint density at radius 1 is 1.00 bits per heavy atom. The van der Waals surface area contributed by atoms with E-state index in [2.05, 4.69) is 36.1 Å². The van der Waals surface area contributed by atoms with Crippen molar-refractivity contribution >= 4 is 0 Å². The highest BCUT2D eigenvalue weighted by Gasteiger charge is 2.18. The molecule has 0 aliphatic carbocycles. The van der Waals surface area contributed by atoms with Crippen molar-refractivity contribution in [1.82, 2.24) is 4.90 Å². The number of hydrogen-bond donors (Lipinski definition) is 1. The van der Waals surface area contributed by atoms with Crippen LogP contribution in [0.2, 0.25) is 0 Å². The molecule has 1 N–H and O–H groups in total. The Hall–Kier alpha value is -1.84. The van der Waals surface area contributed by atoms with Gasteiger partial charge < -0.3 is 9.84 Å². The van der Waals surface area contributed by atoms with Crippen molar-refractivity contribution in [1.29, 1.82) is 0 Å². The highest BCUT2D eigenvalue weighted by atomic mass is 16.5. The van der Waals surface area contributed by atoms with Gasteiger partial charge in [0, 0.05) is 11.6 Å². The van der Waals surface area contributed by atoms with Crippen molar-refractivity contribution in [2.45, 2.75) is 38.8 Å². The lowest BCUT2D eigenvalue weighted by molar-refractivity contribution is 0.175. The largest absolute Gasteiger partial charge is 0.496 e. The fourth-order valence-corrected chi connectivity index (χ4v) is 3.55. The minimum Gasteiger partial charge on any atom is -0.496 e. The van der Waals surface area contributed by atoms with Crippen molar-refractivity contribution < 1.29 is 9.84 Å². The van der Waals surface area contributed by atoms with Crippen molar-refractivity contribution in [3.05, 3.63) is 53.6 Å². The average molecular weight is 325 g/mol. The third-order valence-electron chi connectivity index (χ3n) is 5.12. The second-order valence-corrected chi connectivity index (χ2v) is 6.58. The van der Waals surface area contributed by atoms with E-state index in [9.17, 15) is 5.11 Å². The van der Waals surface area contributed by atoms with Crippen LogP contribution in [0.1, 0.15) is 43.4 Å². The quantitative estimate of drug-likeness (QED) is 0.884. The van der Waals surface area contributed by atoms with E-state index >= 15 is 0 Å². The van der Waals surface area contributed by atoms with Gasteiger partial charge >= 0.3 is 0 Å². The minimum atomic E-state index is -0.0128. The summed E-state index contributed by atoms with van der Waals surface area (Å²) < 4.78 is 5.28. The van der Waals surface area contributed by atoms with E-state index in [0.29, 0.717) is 6.04 Å². The van der Waals surface area contributed by atoms with Crippen LogP contribution in [0.15, 0.2) is 42.5 Å². The maximum atomic E-state index is 9.50. The smallest absolute Gasteiger partial charge is 0.124 e. The summed E-state index contributed by atoms with van der Waals surface area (Å²) in [5.41, 5.74) is 4.47. The number of benzene rings is 2. The molecule has 1 heterocycles. The second-order valence-electron chi connectivity index (χ2n) is 6.58. The van der Waals surface area contributed by atoms with Crippen LogP contribution in [0.5, 0.6) is 5.75 Å². The molecule has 0 bridgehead atoms. The molecular formula is C21H27NO2. The van der Waals surface area contributed by atoms with Crippen LogP contribution in [0.3, 0.4) is 0 Å². The first-order valence-electron chi connectivity index (χ1n) is 8.85. The van der Waals surface area contributed by atoms with Crippen LogP contribution >= 0.6 is 0 Å². The van der Waals surface area contributed by atoms with Gasteiger partial charge in [0.25, 0.3) is 0 Å². The number of rotatable bonds is 5. The van der Waals surface area contributed by atoms with Crippen molar-refractivity contribution in [2.24, 2.45) is 0 Å². The van der Waals surface area contributed by atoms with Crippen molar-refractivity contribution in [3.63, 3.8) is 0 Å². The Morgan fingerprint density at radius 2 is 1.67 bits per heavy atom. The van der Waals surface area contributed by atoms with Crippen molar-refractivity contribution in [3.8, 4) is 16.9 Å². The number of piperidine rings is 1. The molecule has 1 fully saturated rings. The Labute approximate surface area is 144 Å². The number of aliphatic hydroxyl groups is 1. The van der Waals surface area contributed by atoms with E-state index in [0.717, 1.165) is 16.9 Å². The third-order valence-corrected chi connectivity index (χ3v) is 5.12. The van der Waals surface area contributed by atoms with Gasteiger partial charge in [-0.15, -0.1) is 0 Å². The molecular weight excluding hydrogens is 298 g/mol. The zero-order valence-corrected chi connectivity index (χ0v) is 14.7. The zero-order valence-electron chi connectivity index (χ0n) is 14.7. The van der Waals surface area contributed by atoms with Gasteiger partial charge in [-0.05, 0) is 61.7 Å². The molecule has 0 aromatic heterocycles. The molecule has 2 aromatic carbocycles. The topological polar surface area (TPSA) is 32.7 Å². The van der Waals surface area contributed by atoms with Gasteiger partial charge in [0.05, 0.1) is 13.7 Å². The van der Waals surface area contributed by atoms with Gasteiger partial charge in [0.1, 0.15) is 5.75 Å². The van der Waals surface area contributed by atoms with Crippen LogP contribution in [0.4, 0.5) is 0 Å². The first kappa shape index (κ1) is 17.0. The van der Waals surface area contributed by atoms with Gasteiger partial charge in [0.15, 0.2) is 0 Å². The first-order chi connectivity index (χ1) is 11.7. The molecule has 1 aliphatic rings. The fraction of sp³-hybridized carbons (Fsp3) is 0.429. The molecule has 1 atom stereocenters. The lowest BCUT2D eigenvalue weighted by Crippen LogP contribution is -2.32. The molecule has 0 saturated carbocycles. The second kappa shape index (κ2) is 7.82. The molecule has 24 heavy (non-hydrogen) atoms. The predicted octanol–water partition coefficient (Wildman–Crippen LogP) is 4.40. The lowest BCUT2D eigenvalue weighted by Gasteiger charge is -2.32. The van der Waals surface area contributed by atoms with E-state index in [1.54, 1.807) is 7.11 Å². The van der Waals surface area contributed by atoms with Crippen LogP contribution in [0.25, 0.3) is 11.1 Å². The summed E-state index contributed by atoms with van der Waals surface area (Å²) in [6.45, 7) is 4.71. The Kier molecular flexibility index (Phi) is 5.54. The molecule has 128 valence electrons. The van der Waals surface area contributed by atoms with E-state index in [4.69, 9.17) is 4.74 Å². The summed E-state index contributed by atoms with van der Waals surface area (Å²) in [7, 11) is 1.63. The predicted molar refractivity (Wildman–Crippen MR) is 98.2 cm³/mol. The Morgan fingerprint density at radius 3 is 2.29 bits per heavy atom. The summed E-state index contributed by atoms with van der Waals surface area (Å²) in [5, 5.41) is 9.50. The fourth-order valence-electron chi connectivity index (χ4n) is 3.55. The maximum Gasteiger partial charge on any atom is 0.124 e. The van der Waals surface area contributed by atoms with Gasteiger partial charge in [-0.2, -0.15) is 0 Å². The molecule has 3 nitrogen and oxygen atoms in total. The van der Waals surface area contributed by atoms with Crippen LogP contribution in [0, 0.1) is 0 Å². The Balaban J connectivity index is 1.79. The number of aliphatic hydroxyl groups excluding tert-OH is 1. The SMILES string of the molecule is COc1ccc(-c2ccc([C@@H](C)N3CCCCC3)cc2)cc1CO. The molecule has 1 saturated heterocycles. The molecule has 0 unspecified atom stereocenters.